The lowest BCUT2D eigenvalue weighted by atomic mass is 10.1. The van der Waals surface area contributed by atoms with Crippen molar-refractivity contribution in [2.24, 2.45) is 5.92 Å². The highest BCUT2D eigenvalue weighted by Crippen LogP contribution is 2.21. The molecular formula is C11H28OSi2. The smallest absolute Gasteiger partial charge is 0.173 e. The van der Waals surface area contributed by atoms with Crippen LogP contribution in [0.25, 0.3) is 0 Å². The first-order chi connectivity index (χ1) is 6.12. The van der Waals surface area contributed by atoms with Gasteiger partial charge in [-0.2, -0.15) is 0 Å². The second-order valence-corrected chi connectivity index (χ2v) is 15.3. The van der Waals surface area contributed by atoms with Crippen molar-refractivity contribution in [1.82, 2.24) is 0 Å². The molecule has 0 unspecified atom stereocenters. The van der Waals surface area contributed by atoms with E-state index in [2.05, 4.69) is 46.6 Å². The van der Waals surface area contributed by atoms with Crippen LogP contribution >= 0.6 is 0 Å². The maximum Gasteiger partial charge on any atom is 0.173 e. The minimum atomic E-state index is -1.34. The van der Waals surface area contributed by atoms with E-state index in [0.29, 0.717) is 0 Å². The number of hydrogen-bond donors (Lipinski definition) is 0. The zero-order valence-electron chi connectivity index (χ0n) is 11.1. The standard InChI is InChI=1S/C11H28OSi2/c1-11(2)9-8-10-14(6,7)12-13(3,4)5/h11H,8-10H2,1-7H3. The highest BCUT2D eigenvalue weighted by molar-refractivity contribution is 6.84. The molecule has 0 N–H and O–H groups in total. The average Bonchev–Trinajstić information content (AvgIpc) is 1.78. The molecule has 0 aromatic rings. The third kappa shape index (κ3) is 8.97. The molecule has 1 nitrogen and oxygen atoms in total. The molecule has 0 bridgehead atoms. The molecule has 0 spiro atoms. The van der Waals surface area contributed by atoms with Gasteiger partial charge in [-0.1, -0.05) is 26.7 Å². The predicted octanol–water partition coefficient (Wildman–Crippen LogP) is 4.48. The van der Waals surface area contributed by atoms with Crippen molar-refractivity contribution < 1.29 is 4.12 Å². The van der Waals surface area contributed by atoms with Gasteiger partial charge in [-0.05, 0) is 44.7 Å². The molecule has 0 rings (SSSR count). The van der Waals surface area contributed by atoms with Crippen molar-refractivity contribution in [3.63, 3.8) is 0 Å². The van der Waals surface area contributed by atoms with E-state index in [4.69, 9.17) is 4.12 Å². The summed E-state index contributed by atoms with van der Waals surface area (Å²) in [6, 6.07) is 1.33. The Hall–Kier alpha value is 0.394. The van der Waals surface area contributed by atoms with Gasteiger partial charge in [-0.25, -0.2) is 0 Å². The molecule has 0 saturated carbocycles. The van der Waals surface area contributed by atoms with Gasteiger partial charge in [0.05, 0.1) is 0 Å². The quantitative estimate of drug-likeness (QED) is 0.614. The molecule has 0 heterocycles. The van der Waals surface area contributed by atoms with Crippen LogP contribution in [0.4, 0.5) is 0 Å². The molecule has 0 aliphatic carbocycles. The Morgan fingerprint density at radius 3 is 1.86 bits per heavy atom. The SMILES string of the molecule is CC(C)CCC[Si](C)(C)O[Si](C)(C)C. The van der Waals surface area contributed by atoms with Crippen LogP contribution in [0.5, 0.6) is 0 Å². The van der Waals surface area contributed by atoms with Gasteiger partial charge in [0.2, 0.25) is 0 Å². The van der Waals surface area contributed by atoms with Crippen LogP contribution in [0.3, 0.4) is 0 Å². The number of rotatable bonds is 6. The van der Waals surface area contributed by atoms with Gasteiger partial charge in [0.25, 0.3) is 0 Å². The van der Waals surface area contributed by atoms with E-state index in [1.54, 1.807) is 0 Å². The normalized spacial score (nSPS) is 13.7. The average molecular weight is 233 g/mol. The molecule has 86 valence electrons. The topological polar surface area (TPSA) is 9.23 Å². The zero-order chi connectivity index (χ0) is 11.4. The lowest BCUT2D eigenvalue weighted by Crippen LogP contribution is -2.42. The van der Waals surface area contributed by atoms with Gasteiger partial charge >= 0.3 is 0 Å². The molecule has 14 heavy (non-hydrogen) atoms. The Morgan fingerprint density at radius 1 is 1.00 bits per heavy atom. The first-order valence-corrected chi connectivity index (χ1v) is 12.3. The first-order valence-electron chi connectivity index (χ1n) is 5.82. The summed E-state index contributed by atoms with van der Waals surface area (Å²) in [7, 11) is -2.65. The maximum atomic E-state index is 6.28. The zero-order valence-corrected chi connectivity index (χ0v) is 13.1. The molecule has 0 aromatic carbocycles. The molecule has 0 atom stereocenters. The van der Waals surface area contributed by atoms with E-state index in [1.165, 1.54) is 18.9 Å². The Labute approximate surface area is 92.5 Å². The third-order valence-electron chi connectivity index (χ3n) is 2.14. The second kappa shape index (κ2) is 5.47. The fourth-order valence-corrected chi connectivity index (χ4v) is 9.91. The Bertz CT molecular complexity index is 159. The van der Waals surface area contributed by atoms with Crippen LogP contribution < -0.4 is 0 Å². The lowest BCUT2D eigenvalue weighted by molar-refractivity contribution is 0.523. The highest BCUT2D eigenvalue weighted by atomic mass is 28.4. The van der Waals surface area contributed by atoms with Crippen LogP contribution in [0.2, 0.25) is 38.8 Å². The van der Waals surface area contributed by atoms with E-state index < -0.39 is 16.6 Å². The van der Waals surface area contributed by atoms with Crippen LogP contribution in [-0.2, 0) is 4.12 Å². The summed E-state index contributed by atoms with van der Waals surface area (Å²) in [6.45, 7) is 16.2. The first kappa shape index (κ1) is 14.4. The van der Waals surface area contributed by atoms with Crippen molar-refractivity contribution in [3.05, 3.63) is 0 Å². The van der Waals surface area contributed by atoms with E-state index in [9.17, 15) is 0 Å². The molecule has 0 fully saturated rings. The van der Waals surface area contributed by atoms with Gasteiger partial charge < -0.3 is 4.12 Å². The van der Waals surface area contributed by atoms with E-state index in [-0.39, 0.29) is 0 Å². The molecular weight excluding hydrogens is 204 g/mol. The largest absolute Gasteiger partial charge is 0.456 e. The molecule has 0 aliphatic heterocycles. The molecule has 3 heteroatoms. The summed E-state index contributed by atoms with van der Waals surface area (Å²) in [6.07, 6.45) is 2.70. The van der Waals surface area contributed by atoms with Crippen molar-refractivity contribution in [3.8, 4) is 0 Å². The molecule has 0 aromatic heterocycles. The summed E-state index contributed by atoms with van der Waals surface area (Å²) < 4.78 is 6.28. The number of hydrogen-bond acceptors (Lipinski definition) is 1. The fourth-order valence-electron chi connectivity index (χ4n) is 1.82. The van der Waals surface area contributed by atoms with Crippen LogP contribution in [0, 0.1) is 5.92 Å². The maximum absolute atomic E-state index is 6.28. The lowest BCUT2D eigenvalue weighted by Gasteiger charge is -2.31. The molecule has 0 radical (unpaired) electrons. The summed E-state index contributed by atoms with van der Waals surface area (Å²) >= 11 is 0. The highest BCUT2D eigenvalue weighted by Gasteiger charge is 2.28. The Morgan fingerprint density at radius 2 is 1.50 bits per heavy atom. The minimum absolute atomic E-state index is 0.840. The third-order valence-corrected chi connectivity index (χ3v) is 8.36. The van der Waals surface area contributed by atoms with Gasteiger partial charge in [0.15, 0.2) is 16.6 Å². The van der Waals surface area contributed by atoms with Crippen molar-refractivity contribution in [2.75, 3.05) is 0 Å². The van der Waals surface area contributed by atoms with Crippen molar-refractivity contribution in [1.29, 1.82) is 0 Å². The van der Waals surface area contributed by atoms with Crippen LogP contribution in [0.1, 0.15) is 26.7 Å². The summed E-state index contributed by atoms with van der Waals surface area (Å²) in [5, 5.41) is 0. The van der Waals surface area contributed by atoms with E-state index >= 15 is 0 Å². The van der Waals surface area contributed by atoms with Crippen molar-refractivity contribution in [2.45, 2.75) is 65.5 Å². The van der Waals surface area contributed by atoms with E-state index in [1.807, 2.05) is 0 Å². The van der Waals surface area contributed by atoms with Gasteiger partial charge in [-0.15, -0.1) is 0 Å². The predicted molar refractivity (Wildman–Crippen MR) is 70.8 cm³/mol. The molecule has 0 saturated heterocycles. The van der Waals surface area contributed by atoms with Gasteiger partial charge in [0, 0.05) is 0 Å². The Balaban J connectivity index is 3.84. The fraction of sp³-hybridized carbons (Fsp3) is 1.00. The minimum Gasteiger partial charge on any atom is -0.456 e. The van der Waals surface area contributed by atoms with Crippen molar-refractivity contribution >= 4 is 16.6 Å². The summed E-state index contributed by atoms with van der Waals surface area (Å²) in [5.41, 5.74) is 0. The van der Waals surface area contributed by atoms with Crippen LogP contribution in [0.15, 0.2) is 0 Å². The monoisotopic (exact) mass is 232 g/mol. The van der Waals surface area contributed by atoms with Gasteiger partial charge in [-0.3, -0.25) is 0 Å². The summed E-state index contributed by atoms with van der Waals surface area (Å²) in [5.74, 6) is 0.840. The second-order valence-electron chi connectivity index (χ2n) is 6.26. The van der Waals surface area contributed by atoms with Crippen LogP contribution in [-0.4, -0.2) is 16.6 Å². The molecule has 0 amide bonds. The summed E-state index contributed by atoms with van der Waals surface area (Å²) in [4.78, 5) is 0. The molecule has 0 aliphatic rings. The van der Waals surface area contributed by atoms with Gasteiger partial charge in [0.1, 0.15) is 0 Å². The Kier molecular flexibility index (Phi) is 5.62. The van der Waals surface area contributed by atoms with E-state index in [0.717, 1.165) is 5.92 Å².